The summed E-state index contributed by atoms with van der Waals surface area (Å²) in [5, 5.41) is 10.3. The van der Waals surface area contributed by atoms with Crippen molar-refractivity contribution in [2.75, 3.05) is 0 Å². The first-order chi connectivity index (χ1) is 24.8. The number of nitrogens with zero attached hydrogens (tertiary/aromatic N) is 3. The molecule has 0 radical (unpaired) electrons. The molecule has 0 saturated heterocycles. The number of hydrogen-bond donors (Lipinski definition) is 0. The van der Waals surface area contributed by atoms with E-state index in [0.29, 0.717) is 5.95 Å². The number of fused-ring (bicyclic) bond motifs is 12. The van der Waals surface area contributed by atoms with Gasteiger partial charge in [0.2, 0.25) is 5.95 Å². The van der Waals surface area contributed by atoms with E-state index >= 15 is 0 Å². The summed E-state index contributed by atoms with van der Waals surface area (Å²) in [5.74, 6) is 0.632. The monoisotopic (exact) mass is 637 g/mol. The number of benzene rings is 8. The highest BCUT2D eigenvalue weighted by molar-refractivity contribution is 6.33. The fraction of sp³-hybridized carbons (Fsp3) is 0. The van der Waals surface area contributed by atoms with Crippen LogP contribution in [0, 0.1) is 0 Å². The van der Waals surface area contributed by atoms with E-state index in [4.69, 9.17) is 14.4 Å². The van der Waals surface area contributed by atoms with Gasteiger partial charge in [-0.1, -0.05) is 152 Å². The Labute approximate surface area is 286 Å². The molecule has 50 heavy (non-hydrogen) atoms. The van der Waals surface area contributed by atoms with E-state index in [9.17, 15) is 0 Å². The van der Waals surface area contributed by atoms with Gasteiger partial charge in [-0.25, -0.2) is 9.97 Å². The summed E-state index contributed by atoms with van der Waals surface area (Å²) in [6.45, 7) is 0. The quantitative estimate of drug-likeness (QED) is 0.181. The average molecular weight is 638 g/mol. The minimum absolute atomic E-state index is 0.632. The van der Waals surface area contributed by atoms with Crippen LogP contribution in [-0.4, -0.2) is 14.5 Å². The predicted octanol–water partition coefficient (Wildman–Crippen LogP) is 12.3. The molecule has 0 amide bonds. The molecule has 0 unspecified atom stereocenters. The summed E-state index contributed by atoms with van der Waals surface area (Å²) in [6.07, 6.45) is 0. The Morgan fingerprint density at radius 2 is 1.00 bits per heavy atom. The lowest BCUT2D eigenvalue weighted by molar-refractivity contribution is 0.670. The lowest BCUT2D eigenvalue weighted by atomic mass is 9.95. The van der Waals surface area contributed by atoms with Crippen LogP contribution >= 0.6 is 0 Å². The molecular weight excluding hydrogens is 611 g/mol. The standard InChI is InChI=1S/C46H27N3O/c1-2-14-28(15-3-1)42-37-21-8-10-26-39(37)47-46(48-42)49-43-34(36-24-13-23-35-31-18-9-11-27-40(31)50-45(35)36)22-12-25-38(43)41-32-19-6-4-16-29(32)30-17-5-7-20-33(30)44(41)49/h1-27H. The molecule has 0 fully saturated rings. The van der Waals surface area contributed by atoms with Crippen molar-refractivity contribution in [2.24, 2.45) is 0 Å². The fourth-order valence-electron chi connectivity index (χ4n) is 8.08. The van der Waals surface area contributed by atoms with Gasteiger partial charge in [0.05, 0.1) is 22.2 Å². The maximum absolute atomic E-state index is 6.64. The minimum atomic E-state index is 0.632. The summed E-state index contributed by atoms with van der Waals surface area (Å²) in [4.78, 5) is 10.8. The van der Waals surface area contributed by atoms with E-state index in [1.54, 1.807) is 0 Å². The molecule has 0 saturated carbocycles. The second-order valence-corrected chi connectivity index (χ2v) is 12.9. The van der Waals surface area contributed by atoms with Crippen LogP contribution in [0.2, 0.25) is 0 Å². The van der Waals surface area contributed by atoms with Crippen molar-refractivity contribution in [3.8, 4) is 28.3 Å². The van der Waals surface area contributed by atoms with E-state index in [0.717, 1.165) is 77.0 Å². The van der Waals surface area contributed by atoms with E-state index < -0.39 is 0 Å². The molecule has 11 aromatic rings. The molecule has 0 aliphatic carbocycles. The van der Waals surface area contributed by atoms with Gasteiger partial charge in [-0.15, -0.1) is 0 Å². The van der Waals surface area contributed by atoms with Crippen molar-refractivity contribution < 1.29 is 4.42 Å². The third-order valence-corrected chi connectivity index (χ3v) is 10.2. The topological polar surface area (TPSA) is 43.9 Å². The SMILES string of the molecule is c1ccc(-c2nc(-n3c4c(-c5cccc6c5oc5ccccc56)cccc4c4c5ccccc5c5ccccc5c43)nc3ccccc23)cc1. The third kappa shape index (κ3) is 3.76. The molecule has 8 aromatic carbocycles. The zero-order valence-electron chi connectivity index (χ0n) is 26.8. The van der Waals surface area contributed by atoms with Gasteiger partial charge in [0, 0.05) is 49.0 Å². The largest absolute Gasteiger partial charge is 0.455 e. The molecule has 11 rings (SSSR count). The zero-order chi connectivity index (χ0) is 32.8. The Hall–Kier alpha value is -6.78. The Kier molecular flexibility index (Phi) is 5.63. The number of para-hydroxylation sites is 4. The molecule has 0 N–H and O–H groups in total. The third-order valence-electron chi connectivity index (χ3n) is 10.2. The lowest BCUT2D eigenvalue weighted by Crippen LogP contribution is -2.04. The molecule has 0 bridgehead atoms. The normalized spacial score (nSPS) is 12.0. The highest BCUT2D eigenvalue weighted by Crippen LogP contribution is 2.46. The summed E-state index contributed by atoms with van der Waals surface area (Å²) >= 11 is 0. The highest BCUT2D eigenvalue weighted by Gasteiger charge is 2.25. The predicted molar refractivity (Wildman–Crippen MR) is 207 cm³/mol. The van der Waals surface area contributed by atoms with E-state index in [-0.39, 0.29) is 0 Å². The van der Waals surface area contributed by atoms with Crippen LogP contribution in [-0.2, 0) is 0 Å². The van der Waals surface area contributed by atoms with Gasteiger partial charge in [-0.3, -0.25) is 4.57 Å². The molecular formula is C46H27N3O. The van der Waals surface area contributed by atoms with Crippen molar-refractivity contribution in [2.45, 2.75) is 0 Å². The first kappa shape index (κ1) is 27.2. The van der Waals surface area contributed by atoms with Crippen molar-refractivity contribution in [3.05, 3.63) is 164 Å². The van der Waals surface area contributed by atoms with Gasteiger partial charge in [0.1, 0.15) is 11.2 Å². The van der Waals surface area contributed by atoms with Crippen LogP contribution in [0.25, 0.3) is 105 Å². The molecule has 4 nitrogen and oxygen atoms in total. The lowest BCUT2D eigenvalue weighted by Gasteiger charge is -2.15. The van der Waals surface area contributed by atoms with Crippen LogP contribution in [0.15, 0.2) is 168 Å². The Morgan fingerprint density at radius 3 is 1.82 bits per heavy atom. The number of aromatic nitrogens is 3. The summed E-state index contributed by atoms with van der Waals surface area (Å²) in [5.41, 5.74) is 8.84. The Bertz CT molecular complexity index is 3150. The van der Waals surface area contributed by atoms with Gasteiger partial charge < -0.3 is 4.42 Å². The zero-order valence-corrected chi connectivity index (χ0v) is 26.8. The minimum Gasteiger partial charge on any atom is -0.455 e. The summed E-state index contributed by atoms with van der Waals surface area (Å²) in [7, 11) is 0. The molecule has 232 valence electrons. The van der Waals surface area contributed by atoms with Crippen molar-refractivity contribution in [3.63, 3.8) is 0 Å². The molecule has 4 heteroatoms. The molecule has 0 spiro atoms. The first-order valence-electron chi connectivity index (χ1n) is 16.9. The van der Waals surface area contributed by atoms with Gasteiger partial charge in [0.25, 0.3) is 0 Å². The van der Waals surface area contributed by atoms with Crippen LogP contribution in [0.4, 0.5) is 0 Å². The first-order valence-corrected chi connectivity index (χ1v) is 16.9. The second kappa shape index (κ2) is 10.4. The van der Waals surface area contributed by atoms with Crippen molar-refractivity contribution >= 4 is 76.2 Å². The van der Waals surface area contributed by atoms with Crippen LogP contribution < -0.4 is 0 Å². The van der Waals surface area contributed by atoms with E-state index in [1.165, 1.54) is 21.5 Å². The number of hydrogen-bond acceptors (Lipinski definition) is 3. The smallest absolute Gasteiger partial charge is 0.235 e. The molecule has 3 aromatic heterocycles. The number of rotatable bonds is 3. The summed E-state index contributed by atoms with van der Waals surface area (Å²) < 4.78 is 8.96. The summed E-state index contributed by atoms with van der Waals surface area (Å²) in [6, 6.07) is 57.6. The van der Waals surface area contributed by atoms with Gasteiger partial charge in [-0.05, 0) is 28.3 Å². The van der Waals surface area contributed by atoms with Crippen LogP contribution in [0.1, 0.15) is 0 Å². The van der Waals surface area contributed by atoms with Crippen LogP contribution in [0.3, 0.4) is 0 Å². The maximum Gasteiger partial charge on any atom is 0.235 e. The van der Waals surface area contributed by atoms with Crippen molar-refractivity contribution in [1.82, 2.24) is 14.5 Å². The molecule has 0 atom stereocenters. The van der Waals surface area contributed by atoms with Crippen molar-refractivity contribution in [1.29, 1.82) is 0 Å². The van der Waals surface area contributed by atoms with E-state index in [2.05, 4.69) is 150 Å². The maximum atomic E-state index is 6.64. The number of furan rings is 1. The fourth-order valence-corrected chi connectivity index (χ4v) is 8.08. The second-order valence-electron chi connectivity index (χ2n) is 12.9. The molecule has 3 heterocycles. The van der Waals surface area contributed by atoms with Gasteiger partial charge in [0.15, 0.2) is 0 Å². The Morgan fingerprint density at radius 1 is 0.400 bits per heavy atom. The highest BCUT2D eigenvalue weighted by atomic mass is 16.3. The van der Waals surface area contributed by atoms with E-state index in [1.807, 2.05) is 18.2 Å². The molecule has 0 aliphatic heterocycles. The average Bonchev–Trinajstić information content (AvgIpc) is 3.75. The van der Waals surface area contributed by atoms with Crippen LogP contribution in [0.5, 0.6) is 0 Å². The van der Waals surface area contributed by atoms with Gasteiger partial charge >= 0.3 is 0 Å². The Balaban J connectivity index is 1.38. The van der Waals surface area contributed by atoms with Gasteiger partial charge in [-0.2, -0.15) is 0 Å². The molecule has 0 aliphatic rings.